The van der Waals surface area contributed by atoms with Crippen LogP contribution in [-0.2, 0) is 13.1 Å². The Hall–Kier alpha value is -0.870. The molecule has 0 spiro atoms. The van der Waals surface area contributed by atoms with Gasteiger partial charge in [0.2, 0.25) is 0 Å². The predicted molar refractivity (Wildman–Crippen MR) is 74.2 cm³/mol. The molecule has 1 aromatic heterocycles. The molecule has 102 valence electrons. The summed E-state index contributed by atoms with van der Waals surface area (Å²) in [4.78, 5) is 2.53. The van der Waals surface area contributed by atoms with Gasteiger partial charge in [-0.05, 0) is 24.8 Å². The number of rotatable bonds is 5. The topological polar surface area (TPSA) is 47.1 Å². The summed E-state index contributed by atoms with van der Waals surface area (Å²) in [7, 11) is 0. The van der Waals surface area contributed by atoms with Crippen LogP contribution in [-0.4, -0.2) is 33.8 Å². The van der Waals surface area contributed by atoms with E-state index in [-0.39, 0.29) is 0 Å². The molecule has 2 atom stereocenters. The average molecular weight is 250 g/mol. The third-order valence-electron chi connectivity index (χ3n) is 4.03. The first-order valence-electron chi connectivity index (χ1n) is 7.23. The molecule has 0 radical (unpaired) electrons. The molecule has 2 heterocycles. The zero-order valence-corrected chi connectivity index (χ0v) is 11.7. The zero-order chi connectivity index (χ0) is 13.0. The maximum absolute atomic E-state index is 6.16. The number of nitrogens with zero attached hydrogens (tertiary/aromatic N) is 3. The van der Waals surface area contributed by atoms with Crippen LogP contribution in [0.3, 0.4) is 0 Å². The molecule has 1 aliphatic rings. The van der Waals surface area contributed by atoms with Gasteiger partial charge in [-0.3, -0.25) is 9.58 Å². The maximum atomic E-state index is 6.16. The molecule has 2 N–H and O–H groups in total. The summed E-state index contributed by atoms with van der Waals surface area (Å²) in [6, 6.07) is 2.54. The Bertz CT molecular complexity index is 360. The molecule has 1 saturated heterocycles. The van der Waals surface area contributed by atoms with Crippen LogP contribution in [0.1, 0.15) is 38.8 Å². The van der Waals surface area contributed by atoms with E-state index in [0.29, 0.717) is 12.0 Å². The minimum Gasteiger partial charge on any atom is -0.327 e. The van der Waals surface area contributed by atoms with Gasteiger partial charge in [0.05, 0.1) is 5.69 Å². The molecular weight excluding hydrogens is 224 g/mol. The second kappa shape index (κ2) is 6.34. The van der Waals surface area contributed by atoms with Crippen LogP contribution in [0.25, 0.3) is 0 Å². The summed E-state index contributed by atoms with van der Waals surface area (Å²) in [6.07, 6.45) is 5.36. The molecule has 1 aromatic rings. The highest BCUT2D eigenvalue weighted by atomic mass is 15.3. The summed E-state index contributed by atoms with van der Waals surface area (Å²) >= 11 is 0. The Balaban J connectivity index is 1.94. The van der Waals surface area contributed by atoms with E-state index in [1.54, 1.807) is 0 Å². The summed E-state index contributed by atoms with van der Waals surface area (Å²) in [6.45, 7) is 8.73. The van der Waals surface area contributed by atoms with E-state index in [4.69, 9.17) is 5.73 Å². The number of aromatic nitrogens is 2. The molecule has 1 aliphatic heterocycles. The summed E-state index contributed by atoms with van der Waals surface area (Å²) < 4.78 is 2.13. The van der Waals surface area contributed by atoms with Crippen molar-refractivity contribution < 1.29 is 0 Å². The first-order valence-corrected chi connectivity index (χ1v) is 7.23. The first-order chi connectivity index (χ1) is 8.74. The lowest BCUT2D eigenvalue weighted by Crippen LogP contribution is -2.46. The number of aryl methyl sites for hydroxylation is 1. The van der Waals surface area contributed by atoms with Gasteiger partial charge in [-0.1, -0.05) is 20.3 Å². The van der Waals surface area contributed by atoms with Gasteiger partial charge in [0, 0.05) is 38.4 Å². The standard InChI is InChI=1S/C14H26N4/c1-3-8-18-13(5-7-16-18)11-17-9-6-14(15)12(4-2)10-17/h5,7,12,14H,3-4,6,8-11,15H2,1-2H3. The molecule has 0 aromatic carbocycles. The van der Waals surface area contributed by atoms with Gasteiger partial charge in [0.1, 0.15) is 0 Å². The van der Waals surface area contributed by atoms with Gasteiger partial charge < -0.3 is 5.73 Å². The van der Waals surface area contributed by atoms with Crippen molar-refractivity contribution in [2.24, 2.45) is 11.7 Å². The van der Waals surface area contributed by atoms with Gasteiger partial charge in [0.15, 0.2) is 0 Å². The van der Waals surface area contributed by atoms with Crippen molar-refractivity contribution in [3.63, 3.8) is 0 Å². The highest BCUT2D eigenvalue weighted by Gasteiger charge is 2.25. The van der Waals surface area contributed by atoms with E-state index >= 15 is 0 Å². The number of nitrogens with two attached hydrogens (primary N) is 1. The molecular formula is C14H26N4. The van der Waals surface area contributed by atoms with Gasteiger partial charge in [-0.15, -0.1) is 0 Å². The lowest BCUT2D eigenvalue weighted by molar-refractivity contribution is 0.142. The molecule has 4 nitrogen and oxygen atoms in total. The van der Waals surface area contributed by atoms with Gasteiger partial charge >= 0.3 is 0 Å². The number of piperidine rings is 1. The molecule has 0 saturated carbocycles. The SMILES string of the molecule is CCCn1nccc1CN1CCC(N)C(CC)C1. The summed E-state index contributed by atoms with van der Waals surface area (Å²) in [5, 5.41) is 4.39. The van der Waals surface area contributed by atoms with Crippen LogP contribution in [0, 0.1) is 5.92 Å². The van der Waals surface area contributed by atoms with E-state index in [1.807, 2.05) is 6.20 Å². The van der Waals surface area contributed by atoms with Crippen LogP contribution in [0.5, 0.6) is 0 Å². The molecule has 1 fully saturated rings. The van der Waals surface area contributed by atoms with Crippen LogP contribution in [0.15, 0.2) is 12.3 Å². The monoisotopic (exact) mass is 250 g/mol. The van der Waals surface area contributed by atoms with Crippen LogP contribution < -0.4 is 5.73 Å². The zero-order valence-electron chi connectivity index (χ0n) is 11.7. The third kappa shape index (κ3) is 3.12. The highest BCUT2D eigenvalue weighted by molar-refractivity contribution is 5.01. The predicted octanol–water partition coefficient (Wildman–Crippen LogP) is 1.85. The molecule has 18 heavy (non-hydrogen) atoms. The fourth-order valence-corrected chi connectivity index (χ4v) is 2.84. The maximum Gasteiger partial charge on any atom is 0.0524 e. The minimum atomic E-state index is 0.395. The Labute approximate surface area is 110 Å². The summed E-state index contributed by atoms with van der Waals surface area (Å²) in [5.74, 6) is 0.654. The summed E-state index contributed by atoms with van der Waals surface area (Å²) in [5.41, 5.74) is 7.49. The van der Waals surface area contributed by atoms with Crippen molar-refractivity contribution in [1.29, 1.82) is 0 Å². The molecule has 4 heteroatoms. The van der Waals surface area contributed by atoms with E-state index in [9.17, 15) is 0 Å². The van der Waals surface area contributed by atoms with Crippen molar-refractivity contribution in [3.8, 4) is 0 Å². The van der Waals surface area contributed by atoms with Gasteiger partial charge in [-0.25, -0.2) is 0 Å². The fraction of sp³-hybridized carbons (Fsp3) is 0.786. The molecule has 0 aliphatic carbocycles. The van der Waals surface area contributed by atoms with E-state index in [1.165, 1.54) is 12.1 Å². The van der Waals surface area contributed by atoms with Crippen molar-refractivity contribution in [2.45, 2.75) is 52.2 Å². The smallest absolute Gasteiger partial charge is 0.0524 e. The quantitative estimate of drug-likeness (QED) is 0.867. The van der Waals surface area contributed by atoms with Crippen LogP contribution in [0.4, 0.5) is 0 Å². The van der Waals surface area contributed by atoms with Crippen molar-refractivity contribution >= 4 is 0 Å². The number of likely N-dealkylation sites (tertiary alicyclic amines) is 1. The second-order valence-corrected chi connectivity index (χ2v) is 5.40. The van der Waals surface area contributed by atoms with Crippen molar-refractivity contribution in [2.75, 3.05) is 13.1 Å². The number of hydrogen-bond donors (Lipinski definition) is 1. The third-order valence-corrected chi connectivity index (χ3v) is 4.03. The number of hydrogen-bond acceptors (Lipinski definition) is 3. The lowest BCUT2D eigenvalue weighted by atomic mass is 9.90. The Kier molecular flexibility index (Phi) is 4.78. The van der Waals surface area contributed by atoms with Gasteiger partial charge in [-0.2, -0.15) is 5.10 Å². The first kappa shape index (κ1) is 13.6. The van der Waals surface area contributed by atoms with E-state index < -0.39 is 0 Å². The molecule has 0 amide bonds. The normalized spacial score (nSPS) is 25.5. The Morgan fingerprint density at radius 3 is 3.00 bits per heavy atom. The van der Waals surface area contributed by atoms with Crippen LogP contribution in [0.2, 0.25) is 0 Å². The Morgan fingerprint density at radius 2 is 2.28 bits per heavy atom. The highest BCUT2D eigenvalue weighted by Crippen LogP contribution is 2.20. The minimum absolute atomic E-state index is 0.395. The largest absolute Gasteiger partial charge is 0.327 e. The lowest BCUT2D eigenvalue weighted by Gasteiger charge is -2.36. The average Bonchev–Trinajstić information content (AvgIpc) is 2.80. The molecule has 2 unspecified atom stereocenters. The molecule has 2 rings (SSSR count). The van der Waals surface area contributed by atoms with Crippen molar-refractivity contribution in [1.82, 2.24) is 14.7 Å². The van der Waals surface area contributed by atoms with E-state index in [2.05, 4.69) is 34.6 Å². The van der Waals surface area contributed by atoms with Crippen molar-refractivity contribution in [3.05, 3.63) is 18.0 Å². The fourth-order valence-electron chi connectivity index (χ4n) is 2.84. The van der Waals surface area contributed by atoms with E-state index in [0.717, 1.165) is 39.0 Å². The second-order valence-electron chi connectivity index (χ2n) is 5.40. The Morgan fingerprint density at radius 1 is 1.44 bits per heavy atom. The van der Waals surface area contributed by atoms with Crippen LogP contribution >= 0.6 is 0 Å². The molecule has 0 bridgehead atoms. The van der Waals surface area contributed by atoms with Gasteiger partial charge in [0.25, 0.3) is 0 Å².